The van der Waals surface area contributed by atoms with Crippen LogP contribution in [0.5, 0.6) is 11.5 Å². The summed E-state index contributed by atoms with van der Waals surface area (Å²) in [7, 11) is 0. The smallest absolute Gasteiger partial charge is 0.147 e. The Morgan fingerprint density at radius 3 is 2.89 bits per heavy atom. The number of ether oxygens (including phenoxy) is 1. The fourth-order valence-electron chi connectivity index (χ4n) is 1.64. The van der Waals surface area contributed by atoms with Gasteiger partial charge in [0.1, 0.15) is 17.6 Å². The fourth-order valence-corrected chi connectivity index (χ4v) is 1.64. The molecule has 0 unspecified atom stereocenters. The molecule has 0 aliphatic heterocycles. The normalized spacial score (nSPS) is 9.84. The third kappa shape index (κ3) is 3.13. The summed E-state index contributed by atoms with van der Waals surface area (Å²) in [6.45, 7) is 0.371. The van der Waals surface area contributed by atoms with Crippen molar-refractivity contribution in [3.63, 3.8) is 0 Å². The number of nitrogens with two attached hydrogens (primary N) is 1. The Balaban J connectivity index is 2.04. The molecule has 5 heteroatoms. The zero-order valence-corrected chi connectivity index (χ0v) is 10.2. The third-order valence-corrected chi connectivity index (χ3v) is 2.59. The molecule has 1 aromatic carbocycles. The summed E-state index contributed by atoms with van der Waals surface area (Å²) in [5.74, 6) is 0.270. The fraction of sp³-hybridized carbons (Fsp3) is 0.143. The molecule has 0 spiro atoms. The van der Waals surface area contributed by atoms with Crippen molar-refractivity contribution >= 4 is 5.69 Å². The van der Waals surface area contributed by atoms with Crippen molar-refractivity contribution in [2.24, 2.45) is 0 Å². The summed E-state index contributed by atoms with van der Waals surface area (Å²) in [5.41, 5.74) is 7.11. The van der Waals surface area contributed by atoms with E-state index in [-0.39, 0.29) is 17.0 Å². The first kappa shape index (κ1) is 12.7. The summed E-state index contributed by atoms with van der Waals surface area (Å²) in [5, 5.41) is 18.3. The van der Waals surface area contributed by atoms with Crippen molar-refractivity contribution in [2.45, 2.75) is 6.42 Å². The number of rotatable bonds is 4. The van der Waals surface area contributed by atoms with Crippen molar-refractivity contribution in [3.8, 4) is 17.6 Å². The molecule has 1 aromatic heterocycles. The van der Waals surface area contributed by atoms with Gasteiger partial charge in [0, 0.05) is 30.4 Å². The van der Waals surface area contributed by atoms with E-state index in [1.54, 1.807) is 6.20 Å². The number of phenolic OH excluding ortho intramolecular Hbond substituents is 1. The van der Waals surface area contributed by atoms with Crippen LogP contribution in [0, 0.1) is 11.3 Å². The number of hydrogen-bond acceptors (Lipinski definition) is 5. The third-order valence-electron chi connectivity index (χ3n) is 2.59. The Morgan fingerprint density at radius 2 is 2.21 bits per heavy atom. The van der Waals surface area contributed by atoms with Gasteiger partial charge in [-0.3, -0.25) is 4.98 Å². The van der Waals surface area contributed by atoms with Gasteiger partial charge in [-0.15, -0.1) is 0 Å². The standard InChI is InChI=1S/C14H13N3O2/c15-9-10-7-12(18)8-13(14(10)16)19-6-4-11-3-1-2-5-17-11/h1-3,5,7-8,18H,4,6,16H2. The highest BCUT2D eigenvalue weighted by atomic mass is 16.5. The van der Waals surface area contributed by atoms with E-state index >= 15 is 0 Å². The molecule has 0 aliphatic carbocycles. The number of aromatic hydroxyl groups is 1. The highest BCUT2D eigenvalue weighted by Gasteiger charge is 2.08. The van der Waals surface area contributed by atoms with Gasteiger partial charge in [0.05, 0.1) is 17.9 Å². The number of hydrogen-bond donors (Lipinski definition) is 2. The summed E-state index contributed by atoms with van der Waals surface area (Å²) >= 11 is 0. The van der Waals surface area contributed by atoms with E-state index in [0.717, 1.165) is 5.69 Å². The molecule has 0 atom stereocenters. The molecule has 3 N–H and O–H groups in total. The maximum Gasteiger partial charge on any atom is 0.147 e. The molecule has 19 heavy (non-hydrogen) atoms. The highest BCUT2D eigenvalue weighted by Crippen LogP contribution is 2.30. The van der Waals surface area contributed by atoms with Crippen LogP contribution >= 0.6 is 0 Å². The maximum absolute atomic E-state index is 9.47. The Bertz CT molecular complexity index is 606. The molecule has 0 saturated carbocycles. The van der Waals surface area contributed by atoms with Crippen LogP contribution in [-0.4, -0.2) is 16.7 Å². The molecule has 2 rings (SSSR count). The van der Waals surface area contributed by atoms with E-state index in [1.807, 2.05) is 24.3 Å². The topological polar surface area (TPSA) is 92.2 Å². The monoisotopic (exact) mass is 255 g/mol. The second-order valence-corrected chi connectivity index (χ2v) is 3.94. The van der Waals surface area contributed by atoms with Crippen LogP contribution in [0.25, 0.3) is 0 Å². The summed E-state index contributed by atoms with van der Waals surface area (Å²) in [4.78, 5) is 4.17. The van der Waals surface area contributed by atoms with E-state index < -0.39 is 0 Å². The van der Waals surface area contributed by atoms with Crippen LogP contribution in [0.3, 0.4) is 0 Å². The number of nitriles is 1. The van der Waals surface area contributed by atoms with Gasteiger partial charge in [-0.25, -0.2) is 0 Å². The van der Waals surface area contributed by atoms with Gasteiger partial charge in [0.2, 0.25) is 0 Å². The number of nitrogen functional groups attached to an aromatic ring is 1. The lowest BCUT2D eigenvalue weighted by Gasteiger charge is -2.10. The van der Waals surface area contributed by atoms with Crippen LogP contribution < -0.4 is 10.5 Å². The molecule has 96 valence electrons. The quantitative estimate of drug-likeness (QED) is 0.642. The summed E-state index contributed by atoms with van der Waals surface area (Å²) in [6.07, 6.45) is 2.34. The van der Waals surface area contributed by atoms with Gasteiger partial charge in [-0.2, -0.15) is 5.26 Å². The number of benzene rings is 1. The van der Waals surface area contributed by atoms with Crippen LogP contribution in [0.4, 0.5) is 5.69 Å². The van der Waals surface area contributed by atoms with Crippen LogP contribution in [-0.2, 0) is 6.42 Å². The minimum Gasteiger partial charge on any atom is -0.508 e. The van der Waals surface area contributed by atoms with E-state index in [4.69, 9.17) is 15.7 Å². The van der Waals surface area contributed by atoms with Gasteiger partial charge < -0.3 is 15.6 Å². The van der Waals surface area contributed by atoms with Crippen LogP contribution in [0.2, 0.25) is 0 Å². The van der Waals surface area contributed by atoms with Crippen molar-refractivity contribution in [3.05, 3.63) is 47.8 Å². The van der Waals surface area contributed by atoms with Crippen molar-refractivity contribution in [1.82, 2.24) is 4.98 Å². The second kappa shape index (κ2) is 5.74. The maximum atomic E-state index is 9.47. The molecule has 0 fully saturated rings. The highest BCUT2D eigenvalue weighted by molar-refractivity contribution is 5.65. The molecule has 0 aliphatic rings. The van der Waals surface area contributed by atoms with Crippen LogP contribution in [0.1, 0.15) is 11.3 Å². The van der Waals surface area contributed by atoms with E-state index in [1.165, 1.54) is 12.1 Å². The number of pyridine rings is 1. The van der Waals surface area contributed by atoms with Gasteiger partial charge in [0.25, 0.3) is 0 Å². The molecule has 0 bridgehead atoms. The van der Waals surface area contributed by atoms with E-state index in [9.17, 15) is 5.11 Å². The predicted octanol–water partition coefficient (Wildman–Crippen LogP) is 1.86. The molecule has 0 amide bonds. The zero-order valence-electron chi connectivity index (χ0n) is 10.2. The Morgan fingerprint density at radius 1 is 1.37 bits per heavy atom. The molecule has 0 saturated heterocycles. The zero-order chi connectivity index (χ0) is 13.7. The number of nitrogens with zero attached hydrogens (tertiary/aromatic N) is 2. The van der Waals surface area contributed by atoms with Crippen molar-refractivity contribution in [2.75, 3.05) is 12.3 Å². The first-order chi connectivity index (χ1) is 9.20. The molecular weight excluding hydrogens is 242 g/mol. The predicted molar refractivity (Wildman–Crippen MR) is 70.7 cm³/mol. The number of aromatic nitrogens is 1. The average Bonchev–Trinajstić information content (AvgIpc) is 2.43. The Kier molecular flexibility index (Phi) is 3.84. The average molecular weight is 255 g/mol. The van der Waals surface area contributed by atoms with Crippen molar-refractivity contribution in [1.29, 1.82) is 5.26 Å². The lowest BCUT2D eigenvalue weighted by molar-refractivity contribution is 0.320. The van der Waals surface area contributed by atoms with E-state index in [0.29, 0.717) is 18.8 Å². The first-order valence-corrected chi connectivity index (χ1v) is 5.76. The Hall–Kier alpha value is -2.74. The number of phenols is 1. The molecule has 1 heterocycles. The Labute approximate surface area is 110 Å². The van der Waals surface area contributed by atoms with Gasteiger partial charge in [-0.05, 0) is 12.1 Å². The summed E-state index contributed by atoms with van der Waals surface area (Å²) < 4.78 is 5.49. The largest absolute Gasteiger partial charge is 0.508 e. The van der Waals surface area contributed by atoms with Gasteiger partial charge in [-0.1, -0.05) is 6.07 Å². The SMILES string of the molecule is N#Cc1cc(O)cc(OCCc2ccccn2)c1N. The minimum atomic E-state index is -0.0430. The molecular formula is C14H13N3O2. The lowest BCUT2D eigenvalue weighted by Crippen LogP contribution is -2.05. The first-order valence-electron chi connectivity index (χ1n) is 5.76. The second-order valence-electron chi connectivity index (χ2n) is 3.94. The molecule has 2 aromatic rings. The van der Waals surface area contributed by atoms with Crippen molar-refractivity contribution < 1.29 is 9.84 Å². The molecule has 5 nitrogen and oxygen atoms in total. The van der Waals surface area contributed by atoms with Gasteiger partial charge in [0.15, 0.2) is 0 Å². The lowest BCUT2D eigenvalue weighted by atomic mass is 10.1. The number of anilines is 1. The molecule has 0 radical (unpaired) electrons. The summed E-state index contributed by atoms with van der Waals surface area (Å²) in [6, 6.07) is 10.3. The van der Waals surface area contributed by atoms with Gasteiger partial charge >= 0.3 is 0 Å². The minimum absolute atomic E-state index is 0.0430. The van der Waals surface area contributed by atoms with Crippen LogP contribution in [0.15, 0.2) is 36.5 Å². The van der Waals surface area contributed by atoms with E-state index in [2.05, 4.69) is 4.98 Å².